The minimum absolute atomic E-state index is 0.0853. The molecule has 1 aliphatic heterocycles. The van der Waals surface area contributed by atoms with Gasteiger partial charge in [0.1, 0.15) is 19.4 Å². The number of nitrogens with zero attached hydrogens (tertiary/aromatic N) is 1. The van der Waals surface area contributed by atoms with Crippen LogP contribution in [-0.4, -0.2) is 43.0 Å². The quantitative estimate of drug-likeness (QED) is 0.306. The number of carbonyl (C=O) groups is 1. The minimum atomic E-state index is -1.26. The van der Waals surface area contributed by atoms with Gasteiger partial charge in [0, 0.05) is 6.42 Å². The van der Waals surface area contributed by atoms with Gasteiger partial charge in [0.15, 0.2) is 0 Å². The lowest BCUT2D eigenvalue weighted by Gasteiger charge is -2.34. The largest absolute Gasteiger partial charge is 0.444 e. The van der Waals surface area contributed by atoms with E-state index < -0.39 is 19.4 Å². The molecule has 0 unspecified atom stereocenters. The standard InChI is InChI=1S/C20H35NO3Si/c1-19(2,3)24-18(22)21-17(16-23-20(21,4)5)14-12-10-9-11-13-15-25(6,7)8/h12,14,17H,9-11,16H2,1-8H3/t17-/m1/s1. The van der Waals surface area contributed by atoms with Gasteiger partial charge in [-0.05, 0) is 47.5 Å². The number of hydrogen-bond acceptors (Lipinski definition) is 3. The molecule has 0 radical (unpaired) electrons. The third-order valence-electron chi connectivity index (χ3n) is 3.60. The molecule has 1 heterocycles. The van der Waals surface area contributed by atoms with Gasteiger partial charge in [-0.3, -0.25) is 4.90 Å². The summed E-state index contributed by atoms with van der Waals surface area (Å²) in [7, 11) is -1.26. The van der Waals surface area contributed by atoms with E-state index >= 15 is 0 Å². The average molecular weight is 366 g/mol. The van der Waals surface area contributed by atoms with Gasteiger partial charge in [0.05, 0.1) is 12.6 Å². The predicted octanol–water partition coefficient (Wildman–Crippen LogP) is 4.97. The first-order valence-corrected chi connectivity index (χ1v) is 12.6. The minimum Gasteiger partial charge on any atom is -0.444 e. The fourth-order valence-corrected chi connectivity index (χ4v) is 3.19. The molecular formula is C20H35NO3Si. The molecule has 4 nitrogen and oxygen atoms in total. The summed E-state index contributed by atoms with van der Waals surface area (Å²) in [5.41, 5.74) is 2.22. The summed E-state index contributed by atoms with van der Waals surface area (Å²) >= 11 is 0. The zero-order chi connectivity index (χ0) is 19.3. The molecule has 1 fully saturated rings. The molecule has 0 aromatic heterocycles. The number of carbonyl (C=O) groups excluding carboxylic acids is 1. The van der Waals surface area contributed by atoms with E-state index in [1.165, 1.54) is 0 Å². The van der Waals surface area contributed by atoms with Crippen molar-refractivity contribution in [1.82, 2.24) is 4.90 Å². The number of unbranched alkanes of at least 4 members (excludes halogenated alkanes) is 2. The number of hydrogen-bond donors (Lipinski definition) is 0. The maximum atomic E-state index is 12.5. The van der Waals surface area contributed by atoms with E-state index in [4.69, 9.17) is 9.47 Å². The second-order valence-corrected chi connectivity index (χ2v) is 13.8. The molecule has 0 aromatic carbocycles. The van der Waals surface area contributed by atoms with Crippen LogP contribution in [-0.2, 0) is 9.47 Å². The third-order valence-corrected chi connectivity index (χ3v) is 4.53. The third kappa shape index (κ3) is 8.11. The lowest BCUT2D eigenvalue weighted by Crippen LogP contribution is -2.49. The van der Waals surface area contributed by atoms with Crippen LogP contribution in [0.1, 0.15) is 53.9 Å². The zero-order valence-electron chi connectivity index (χ0n) is 17.2. The number of ether oxygens (including phenoxy) is 2. The van der Waals surface area contributed by atoms with Gasteiger partial charge < -0.3 is 9.47 Å². The summed E-state index contributed by atoms with van der Waals surface area (Å²) in [6, 6.07) is -0.0853. The second kappa shape index (κ2) is 8.42. The van der Waals surface area contributed by atoms with Gasteiger partial charge in [0.2, 0.25) is 0 Å². The highest BCUT2D eigenvalue weighted by Crippen LogP contribution is 2.30. The van der Waals surface area contributed by atoms with Crippen LogP contribution in [0.25, 0.3) is 0 Å². The van der Waals surface area contributed by atoms with Gasteiger partial charge in [-0.15, -0.1) is 11.5 Å². The molecule has 25 heavy (non-hydrogen) atoms. The summed E-state index contributed by atoms with van der Waals surface area (Å²) < 4.78 is 11.3. The van der Waals surface area contributed by atoms with E-state index in [0.29, 0.717) is 6.61 Å². The van der Waals surface area contributed by atoms with Gasteiger partial charge in [-0.1, -0.05) is 31.8 Å². The zero-order valence-corrected chi connectivity index (χ0v) is 18.2. The fraction of sp³-hybridized carbons (Fsp3) is 0.750. The van der Waals surface area contributed by atoms with Gasteiger partial charge in [-0.25, -0.2) is 4.79 Å². The van der Waals surface area contributed by atoms with E-state index in [1.807, 2.05) is 34.6 Å². The van der Waals surface area contributed by atoms with E-state index in [9.17, 15) is 4.79 Å². The highest BCUT2D eigenvalue weighted by molar-refractivity contribution is 6.83. The summed E-state index contributed by atoms with van der Waals surface area (Å²) in [6.45, 7) is 16.7. The van der Waals surface area contributed by atoms with Crippen LogP contribution < -0.4 is 0 Å². The van der Waals surface area contributed by atoms with Crippen molar-refractivity contribution >= 4 is 14.2 Å². The Labute approximate surface area is 155 Å². The van der Waals surface area contributed by atoms with Crippen LogP contribution in [0.5, 0.6) is 0 Å². The lowest BCUT2D eigenvalue weighted by molar-refractivity contribution is -0.0610. The first kappa shape index (κ1) is 21.8. The Kier molecular flexibility index (Phi) is 7.34. The van der Waals surface area contributed by atoms with Crippen molar-refractivity contribution in [1.29, 1.82) is 0 Å². The molecule has 0 N–H and O–H groups in total. The summed E-state index contributed by atoms with van der Waals surface area (Å²) in [5, 5.41) is 0. The van der Waals surface area contributed by atoms with Crippen LogP contribution >= 0.6 is 0 Å². The second-order valence-electron chi connectivity index (χ2n) is 9.05. The number of amides is 1. The molecular weight excluding hydrogens is 330 g/mol. The summed E-state index contributed by atoms with van der Waals surface area (Å²) in [4.78, 5) is 14.2. The first-order valence-electron chi connectivity index (χ1n) is 9.15. The van der Waals surface area contributed by atoms with E-state index in [1.54, 1.807) is 4.90 Å². The Balaban J connectivity index is 2.58. The maximum absolute atomic E-state index is 12.5. The van der Waals surface area contributed by atoms with Crippen LogP contribution in [0.3, 0.4) is 0 Å². The molecule has 0 aromatic rings. The van der Waals surface area contributed by atoms with Gasteiger partial charge in [0.25, 0.3) is 0 Å². The normalized spacial score (nSPS) is 20.5. The first-order chi connectivity index (χ1) is 11.3. The van der Waals surface area contributed by atoms with Crippen molar-refractivity contribution in [2.45, 2.75) is 90.9 Å². The van der Waals surface area contributed by atoms with Crippen LogP contribution in [0, 0.1) is 11.5 Å². The fourth-order valence-electron chi connectivity index (χ4n) is 2.53. The van der Waals surface area contributed by atoms with Gasteiger partial charge >= 0.3 is 6.09 Å². The number of rotatable bonds is 4. The van der Waals surface area contributed by atoms with Crippen molar-refractivity contribution in [3.05, 3.63) is 12.2 Å². The Morgan fingerprint density at radius 2 is 2.00 bits per heavy atom. The molecule has 1 atom stereocenters. The lowest BCUT2D eigenvalue weighted by atomic mass is 10.1. The highest BCUT2D eigenvalue weighted by Gasteiger charge is 2.44. The molecule has 1 amide bonds. The smallest absolute Gasteiger partial charge is 0.413 e. The molecule has 1 aliphatic rings. The van der Waals surface area contributed by atoms with E-state index in [0.717, 1.165) is 19.3 Å². The van der Waals surface area contributed by atoms with Crippen LogP contribution in [0.15, 0.2) is 12.2 Å². The van der Waals surface area contributed by atoms with Gasteiger partial charge in [-0.2, -0.15) is 0 Å². The Hall–Kier alpha value is -1.25. The SMILES string of the molecule is CC(C)(C)OC(=O)N1[C@H](C=CCCCC#C[Si](C)(C)C)COC1(C)C. The molecule has 0 aliphatic carbocycles. The molecule has 1 saturated heterocycles. The molecule has 0 saturated carbocycles. The molecule has 1 rings (SSSR count). The monoisotopic (exact) mass is 365 g/mol. The number of allylic oxidation sites excluding steroid dienone is 1. The predicted molar refractivity (Wildman–Crippen MR) is 106 cm³/mol. The molecule has 0 spiro atoms. The van der Waals surface area contributed by atoms with Crippen LogP contribution in [0.4, 0.5) is 4.79 Å². The highest BCUT2D eigenvalue weighted by atomic mass is 28.3. The van der Waals surface area contributed by atoms with Crippen LogP contribution in [0.2, 0.25) is 19.6 Å². The van der Waals surface area contributed by atoms with Crippen molar-refractivity contribution in [3.63, 3.8) is 0 Å². The Bertz CT molecular complexity index is 544. The molecule has 0 bridgehead atoms. The van der Waals surface area contributed by atoms with Crippen molar-refractivity contribution in [2.75, 3.05) is 6.61 Å². The Morgan fingerprint density at radius 1 is 1.36 bits per heavy atom. The van der Waals surface area contributed by atoms with Crippen molar-refractivity contribution in [2.24, 2.45) is 0 Å². The van der Waals surface area contributed by atoms with Crippen molar-refractivity contribution < 1.29 is 14.3 Å². The average Bonchev–Trinajstić information content (AvgIpc) is 2.69. The summed E-state index contributed by atoms with van der Waals surface area (Å²) in [5.74, 6) is 3.29. The Morgan fingerprint density at radius 3 is 2.56 bits per heavy atom. The molecule has 142 valence electrons. The van der Waals surface area contributed by atoms with E-state index in [2.05, 4.69) is 43.3 Å². The topological polar surface area (TPSA) is 38.8 Å². The van der Waals surface area contributed by atoms with Crippen molar-refractivity contribution in [3.8, 4) is 11.5 Å². The molecule has 5 heteroatoms. The summed E-state index contributed by atoms with van der Waals surface area (Å²) in [6.07, 6.45) is 6.78. The van der Waals surface area contributed by atoms with E-state index in [-0.39, 0.29) is 12.1 Å². The maximum Gasteiger partial charge on any atom is 0.413 e.